The van der Waals surface area contributed by atoms with E-state index < -0.39 is 9.05 Å². The minimum absolute atomic E-state index is 0.202. The van der Waals surface area contributed by atoms with Crippen LogP contribution in [0.25, 0.3) is 0 Å². The summed E-state index contributed by atoms with van der Waals surface area (Å²) in [4.78, 5) is 9.46. The summed E-state index contributed by atoms with van der Waals surface area (Å²) in [7, 11) is -2.08. The first-order chi connectivity index (χ1) is 5.68. The zero-order valence-electron chi connectivity index (χ0n) is 7.16. The van der Waals surface area contributed by atoms with Gasteiger partial charge < -0.3 is 18.1 Å². The summed E-state index contributed by atoms with van der Waals surface area (Å²) < 4.78 is 14.5. The second-order valence-corrected chi connectivity index (χ2v) is 3.96. The van der Waals surface area contributed by atoms with Gasteiger partial charge in [-0.3, -0.25) is 0 Å². The van der Waals surface area contributed by atoms with Crippen molar-refractivity contribution < 1.29 is 18.1 Å². The second-order valence-electron chi connectivity index (χ2n) is 1.93. The van der Waals surface area contributed by atoms with E-state index in [1.54, 1.807) is 0 Å². The standard InChI is InChI=1S/C7H14O4Si/c1-4-6-10-12(8,9-3)11-7-5-2/h4-5,8H,1-2,6-7H2,3H3. The molecular weight excluding hydrogens is 176 g/mol. The Morgan fingerprint density at radius 2 is 1.67 bits per heavy atom. The maximum atomic E-state index is 9.46. The van der Waals surface area contributed by atoms with Gasteiger partial charge in [0.2, 0.25) is 0 Å². The van der Waals surface area contributed by atoms with E-state index in [1.807, 2.05) is 0 Å². The minimum atomic E-state index is -3.41. The van der Waals surface area contributed by atoms with E-state index in [0.717, 1.165) is 0 Å². The minimum Gasteiger partial charge on any atom is -0.367 e. The summed E-state index contributed by atoms with van der Waals surface area (Å²) in [6.07, 6.45) is 3.02. The van der Waals surface area contributed by atoms with Crippen molar-refractivity contribution in [3.8, 4) is 0 Å². The molecule has 12 heavy (non-hydrogen) atoms. The molecule has 0 heterocycles. The van der Waals surface area contributed by atoms with Gasteiger partial charge in [-0.1, -0.05) is 12.2 Å². The summed E-state index contributed by atoms with van der Waals surface area (Å²) >= 11 is 0. The molecule has 0 saturated carbocycles. The van der Waals surface area contributed by atoms with Crippen molar-refractivity contribution in [1.82, 2.24) is 0 Å². The van der Waals surface area contributed by atoms with Crippen molar-refractivity contribution in [2.45, 2.75) is 0 Å². The van der Waals surface area contributed by atoms with Crippen molar-refractivity contribution in [3.63, 3.8) is 0 Å². The molecule has 0 saturated heterocycles. The third kappa shape index (κ3) is 4.42. The Hall–Kier alpha value is -0.463. The average molecular weight is 190 g/mol. The highest BCUT2D eigenvalue weighted by molar-refractivity contribution is 6.51. The Labute approximate surface area is 73.6 Å². The third-order valence-electron chi connectivity index (χ3n) is 1.03. The van der Waals surface area contributed by atoms with Crippen LogP contribution in [-0.4, -0.2) is 34.2 Å². The zero-order valence-corrected chi connectivity index (χ0v) is 8.16. The van der Waals surface area contributed by atoms with Crippen LogP contribution in [0.3, 0.4) is 0 Å². The van der Waals surface area contributed by atoms with Gasteiger partial charge in [-0.25, -0.2) is 0 Å². The summed E-state index contributed by atoms with van der Waals surface area (Å²) in [6.45, 7) is 7.27. The molecule has 0 atom stereocenters. The van der Waals surface area contributed by atoms with Gasteiger partial charge in [-0.15, -0.1) is 13.2 Å². The molecule has 0 aromatic rings. The molecular formula is C7H14O4Si. The van der Waals surface area contributed by atoms with Gasteiger partial charge >= 0.3 is 9.05 Å². The van der Waals surface area contributed by atoms with Crippen LogP contribution in [0.4, 0.5) is 0 Å². The Morgan fingerprint density at radius 3 is 1.92 bits per heavy atom. The molecule has 0 aromatic carbocycles. The molecule has 0 unspecified atom stereocenters. The smallest absolute Gasteiger partial charge is 0.367 e. The van der Waals surface area contributed by atoms with E-state index in [1.165, 1.54) is 19.3 Å². The van der Waals surface area contributed by atoms with E-state index in [4.69, 9.17) is 13.3 Å². The quantitative estimate of drug-likeness (QED) is 0.468. The van der Waals surface area contributed by atoms with Crippen LogP contribution in [0.1, 0.15) is 0 Å². The van der Waals surface area contributed by atoms with Crippen LogP contribution < -0.4 is 0 Å². The lowest BCUT2D eigenvalue weighted by atomic mass is 10.7. The summed E-state index contributed by atoms with van der Waals surface area (Å²) in [5.41, 5.74) is 0. The number of hydrogen-bond acceptors (Lipinski definition) is 4. The lowest BCUT2D eigenvalue weighted by Gasteiger charge is -2.19. The van der Waals surface area contributed by atoms with Crippen molar-refractivity contribution in [2.75, 3.05) is 20.3 Å². The molecule has 0 aliphatic rings. The first kappa shape index (κ1) is 11.5. The van der Waals surface area contributed by atoms with E-state index in [9.17, 15) is 4.80 Å². The number of rotatable bonds is 7. The monoisotopic (exact) mass is 190 g/mol. The maximum Gasteiger partial charge on any atom is 0.677 e. The summed E-state index contributed by atoms with van der Waals surface area (Å²) in [6, 6.07) is 0. The van der Waals surface area contributed by atoms with Crippen LogP contribution in [0, 0.1) is 0 Å². The Kier molecular flexibility index (Phi) is 5.86. The molecule has 70 valence electrons. The Bertz CT molecular complexity index is 136. The highest BCUT2D eigenvalue weighted by atomic mass is 28.4. The fourth-order valence-corrected chi connectivity index (χ4v) is 1.46. The molecule has 0 bridgehead atoms. The highest BCUT2D eigenvalue weighted by Crippen LogP contribution is 2.03. The van der Waals surface area contributed by atoms with Gasteiger partial charge in [0, 0.05) is 7.11 Å². The van der Waals surface area contributed by atoms with E-state index >= 15 is 0 Å². The summed E-state index contributed by atoms with van der Waals surface area (Å²) in [5, 5.41) is 0. The topological polar surface area (TPSA) is 47.9 Å². The van der Waals surface area contributed by atoms with Crippen LogP contribution >= 0.6 is 0 Å². The Morgan fingerprint density at radius 1 is 1.25 bits per heavy atom. The highest BCUT2D eigenvalue weighted by Gasteiger charge is 2.39. The predicted octanol–water partition coefficient (Wildman–Crippen LogP) is 0.466. The molecule has 5 heteroatoms. The van der Waals surface area contributed by atoms with Crippen LogP contribution in [-0.2, 0) is 13.3 Å². The fourth-order valence-electron chi connectivity index (χ4n) is 0.488. The molecule has 4 nitrogen and oxygen atoms in total. The van der Waals surface area contributed by atoms with E-state index in [2.05, 4.69) is 13.2 Å². The second kappa shape index (κ2) is 6.10. The van der Waals surface area contributed by atoms with Crippen molar-refractivity contribution >= 4 is 9.05 Å². The van der Waals surface area contributed by atoms with E-state index in [0.29, 0.717) is 0 Å². The van der Waals surface area contributed by atoms with Gasteiger partial charge in [0.05, 0.1) is 13.2 Å². The zero-order chi connectivity index (χ0) is 9.45. The molecule has 1 N–H and O–H groups in total. The van der Waals surface area contributed by atoms with Gasteiger partial charge in [0.1, 0.15) is 0 Å². The van der Waals surface area contributed by atoms with Crippen molar-refractivity contribution in [2.24, 2.45) is 0 Å². The van der Waals surface area contributed by atoms with Crippen molar-refractivity contribution in [3.05, 3.63) is 25.3 Å². The van der Waals surface area contributed by atoms with Crippen LogP contribution in [0.15, 0.2) is 25.3 Å². The molecule has 0 aromatic heterocycles. The third-order valence-corrected chi connectivity index (χ3v) is 2.60. The molecule has 0 spiro atoms. The SMILES string of the molecule is C=CCO[Si](O)(OC)OCC=C. The number of hydrogen-bond donors (Lipinski definition) is 1. The van der Waals surface area contributed by atoms with Gasteiger partial charge in [0.25, 0.3) is 0 Å². The predicted molar refractivity (Wildman–Crippen MR) is 47.3 cm³/mol. The van der Waals surface area contributed by atoms with Gasteiger partial charge in [0.15, 0.2) is 0 Å². The first-order valence-corrected chi connectivity index (χ1v) is 5.13. The van der Waals surface area contributed by atoms with Crippen LogP contribution in [0.2, 0.25) is 0 Å². The molecule has 0 aliphatic carbocycles. The normalized spacial score (nSPS) is 11.2. The largest absolute Gasteiger partial charge is 0.677 e. The van der Waals surface area contributed by atoms with Crippen molar-refractivity contribution in [1.29, 1.82) is 0 Å². The fraction of sp³-hybridized carbons (Fsp3) is 0.429. The average Bonchev–Trinajstić information content (AvgIpc) is 2.11. The lowest BCUT2D eigenvalue weighted by Crippen LogP contribution is -2.45. The first-order valence-electron chi connectivity index (χ1n) is 3.45. The molecule has 0 amide bonds. The van der Waals surface area contributed by atoms with E-state index in [-0.39, 0.29) is 13.2 Å². The summed E-state index contributed by atoms with van der Waals surface area (Å²) in [5.74, 6) is 0. The van der Waals surface area contributed by atoms with Gasteiger partial charge in [-0.05, 0) is 0 Å². The molecule has 0 rings (SSSR count). The molecule has 0 fully saturated rings. The van der Waals surface area contributed by atoms with Gasteiger partial charge in [-0.2, -0.15) is 0 Å². The lowest BCUT2D eigenvalue weighted by molar-refractivity contribution is 0.0219. The molecule has 0 radical (unpaired) electrons. The molecule has 0 aliphatic heterocycles. The van der Waals surface area contributed by atoms with Crippen LogP contribution in [0.5, 0.6) is 0 Å². The Balaban J connectivity index is 3.84. The maximum absolute atomic E-state index is 9.46.